The molecule has 0 bridgehead atoms. The average Bonchev–Trinajstić information content (AvgIpc) is 2.61. The Morgan fingerprint density at radius 2 is 1.79 bits per heavy atom. The van der Waals surface area contributed by atoms with E-state index in [0.717, 1.165) is 22.9 Å². The minimum atomic E-state index is 0.0123. The van der Waals surface area contributed by atoms with Crippen molar-refractivity contribution in [2.75, 3.05) is 5.32 Å². The third-order valence-corrected chi connectivity index (χ3v) is 5.00. The first-order valence-electron chi connectivity index (χ1n) is 8.81. The number of amides is 1. The lowest BCUT2D eigenvalue weighted by Gasteiger charge is -2.21. The highest BCUT2D eigenvalue weighted by Crippen LogP contribution is 2.27. The molecule has 0 spiro atoms. The first kappa shape index (κ1) is 16.9. The lowest BCUT2D eigenvalue weighted by molar-refractivity contribution is -0.120. The van der Waals surface area contributed by atoms with Crippen LogP contribution in [-0.2, 0) is 4.79 Å². The van der Waals surface area contributed by atoms with Crippen LogP contribution in [0.3, 0.4) is 0 Å². The number of rotatable bonds is 4. The number of fused-ring (bicyclic) bond motifs is 1. The predicted molar refractivity (Wildman–Crippen MR) is 104 cm³/mol. The van der Waals surface area contributed by atoms with Crippen LogP contribution in [0.25, 0.3) is 10.8 Å². The Kier molecular flexibility index (Phi) is 5.81. The van der Waals surface area contributed by atoms with Crippen LogP contribution in [0.4, 0.5) is 5.69 Å². The number of hydrogen-bond donors (Lipinski definition) is 2. The van der Waals surface area contributed by atoms with Crippen molar-refractivity contribution in [1.82, 2.24) is 5.32 Å². The van der Waals surface area contributed by atoms with E-state index in [4.69, 9.17) is 12.2 Å². The topological polar surface area (TPSA) is 41.1 Å². The molecule has 0 aromatic heterocycles. The molecule has 3 rings (SSSR count). The molecule has 2 N–H and O–H groups in total. The molecule has 0 heterocycles. The van der Waals surface area contributed by atoms with E-state index in [1.165, 1.54) is 32.1 Å². The van der Waals surface area contributed by atoms with Gasteiger partial charge in [0.05, 0.1) is 0 Å². The largest absolute Gasteiger partial charge is 0.332 e. The maximum absolute atomic E-state index is 12.1. The van der Waals surface area contributed by atoms with E-state index in [9.17, 15) is 4.79 Å². The lowest BCUT2D eigenvalue weighted by atomic mass is 9.86. The molecule has 2 aromatic rings. The van der Waals surface area contributed by atoms with Gasteiger partial charge in [0.1, 0.15) is 0 Å². The second-order valence-corrected chi connectivity index (χ2v) is 6.98. The van der Waals surface area contributed by atoms with Crippen molar-refractivity contribution < 1.29 is 4.79 Å². The quantitative estimate of drug-likeness (QED) is 0.768. The zero-order chi connectivity index (χ0) is 16.8. The van der Waals surface area contributed by atoms with Crippen LogP contribution in [0, 0.1) is 5.92 Å². The molecule has 1 aliphatic carbocycles. The standard InChI is InChI=1S/C20H24N2OS/c23-19(14-13-15-7-2-1-3-8-15)22-20(24)21-18-12-6-10-16-9-4-5-11-17(16)18/h4-6,9-12,15H,1-3,7-8,13-14H2,(H2,21,22,23,24). The van der Waals surface area contributed by atoms with Crippen molar-refractivity contribution >= 4 is 39.7 Å². The van der Waals surface area contributed by atoms with E-state index >= 15 is 0 Å². The summed E-state index contributed by atoms with van der Waals surface area (Å²) in [6.45, 7) is 0. The molecule has 3 nitrogen and oxygen atoms in total. The number of hydrogen-bond acceptors (Lipinski definition) is 2. The first-order valence-corrected chi connectivity index (χ1v) is 9.22. The van der Waals surface area contributed by atoms with Crippen LogP contribution in [-0.4, -0.2) is 11.0 Å². The van der Waals surface area contributed by atoms with Crippen LogP contribution in [0.2, 0.25) is 0 Å². The summed E-state index contributed by atoms with van der Waals surface area (Å²) in [7, 11) is 0. The summed E-state index contributed by atoms with van der Waals surface area (Å²) >= 11 is 5.30. The number of carbonyl (C=O) groups is 1. The lowest BCUT2D eigenvalue weighted by Crippen LogP contribution is -2.34. The van der Waals surface area contributed by atoms with Gasteiger partial charge in [-0.25, -0.2) is 0 Å². The molecule has 0 atom stereocenters. The fourth-order valence-electron chi connectivity index (χ4n) is 3.49. The summed E-state index contributed by atoms with van der Waals surface area (Å²) in [5, 5.41) is 8.59. The number of nitrogens with one attached hydrogen (secondary N) is 2. The van der Waals surface area contributed by atoms with E-state index in [-0.39, 0.29) is 5.91 Å². The molecule has 1 saturated carbocycles. The molecule has 0 unspecified atom stereocenters. The zero-order valence-corrected chi connectivity index (χ0v) is 14.7. The van der Waals surface area contributed by atoms with E-state index in [0.29, 0.717) is 17.5 Å². The number of benzene rings is 2. The van der Waals surface area contributed by atoms with Gasteiger partial charge < -0.3 is 10.6 Å². The Morgan fingerprint density at radius 1 is 1.04 bits per heavy atom. The third kappa shape index (κ3) is 4.54. The second kappa shape index (κ2) is 8.25. The molecule has 1 amide bonds. The molecular weight excluding hydrogens is 316 g/mol. The van der Waals surface area contributed by atoms with Gasteiger partial charge in [-0.15, -0.1) is 0 Å². The summed E-state index contributed by atoms with van der Waals surface area (Å²) in [4.78, 5) is 12.1. The van der Waals surface area contributed by atoms with Crippen LogP contribution in [0.1, 0.15) is 44.9 Å². The Morgan fingerprint density at radius 3 is 2.62 bits per heavy atom. The summed E-state index contributed by atoms with van der Waals surface area (Å²) in [6.07, 6.45) is 8.05. The van der Waals surface area contributed by atoms with Crippen molar-refractivity contribution in [2.24, 2.45) is 5.92 Å². The smallest absolute Gasteiger partial charge is 0.226 e. The van der Waals surface area contributed by atoms with Crippen LogP contribution in [0.15, 0.2) is 42.5 Å². The Hall–Kier alpha value is -1.94. The fraction of sp³-hybridized carbons (Fsp3) is 0.400. The van der Waals surface area contributed by atoms with Crippen molar-refractivity contribution in [3.63, 3.8) is 0 Å². The molecule has 0 aliphatic heterocycles. The maximum atomic E-state index is 12.1. The predicted octanol–water partition coefficient (Wildman–Crippen LogP) is 5.01. The zero-order valence-electron chi connectivity index (χ0n) is 13.9. The van der Waals surface area contributed by atoms with Gasteiger partial charge in [0.25, 0.3) is 0 Å². The third-order valence-electron chi connectivity index (χ3n) is 4.80. The number of carbonyl (C=O) groups excluding carboxylic acids is 1. The fourth-order valence-corrected chi connectivity index (χ4v) is 3.71. The molecular formula is C20H24N2OS. The molecule has 126 valence electrons. The second-order valence-electron chi connectivity index (χ2n) is 6.57. The van der Waals surface area contributed by atoms with Gasteiger partial charge >= 0.3 is 0 Å². The molecule has 24 heavy (non-hydrogen) atoms. The highest BCUT2D eigenvalue weighted by atomic mass is 32.1. The number of anilines is 1. The summed E-state index contributed by atoms with van der Waals surface area (Å²) < 4.78 is 0. The van der Waals surface area contributed by atoms with Crippen molar-refractivity contribution in [2.45, 2.75) is 44.9 Å². The first-order chi connectivity index (χ1) is 11.7. The molecule has 2 aromatic carbocycles. The van der Waals surface area contributed by atoms with Crippen LogP contribution >= 0.6 is 12.2 Å². The van der Waals surface area contributed by atoms with Gasteiger partial charge in [0.2, 0.25) is 5.91 Å². The van der Waals surface area contributed by atoms with Crippen LogP contribution < -0.4 is 10.6 Å². The van der Waals surface area contributed by atoms with Gasteiger partial charge in [-0.05, 0) is 36.0 Å². The highest BCUT2D eigenvalue weighted by molar-refractivity contribution is 7.80. The SMILES string of the molecule is O=C(CCC1CCCCC1)NC(=S)Nc1cccc2ccccc12. The summed E-state index contributed by atoms with van der Waals surface area (Å²) in [6, 6.07) is 14.1. The Bertz CT molecular complexity index is 717. The molecule has 0 saturated heterocycles. The van der Waals surface area contributed by atoms with Gasteiger partial charge in [0.15, 0.2) is 5.11 Å². The Labute approximate surface area is 148 Å². The van der Waals surface area contributed by atoms with Gasteiger partial charge in [-0.3, -0.25) is 4.79 Å². The summed E-state index contributed by atoms with van der Waals surface area (Å²) in [5.41, 5.74) is 0.922. The Balaban J connectivity index is 1.52. The van der Waals surface area contributed by atoms with Crippen LogP contribution in [0.5, 0.6) is 0 Å². The van der Waals surface area contributed by atoms with Gasteiger partial charge in [-0.1, -0.05) is 68.5 Å². The van der Waals surface area contributed by atoms with Crippen molar-refractivity contribution in [1.29, 1.82) is 0 Å². The van der Waals surface area contributed by atoms with Gasteiger partial charge in [0, 0.05) is 17.5 Å². The minimum Gasteiger partial charge on any atom is -0.332 e. The van der Waals surface area contributed by atoms with Gasteiger partial charge in [-0.2, -0.15) is 0 Å². The molecule has 1 aliphatic rings. The van der Waals surface area contributed by atoms with Crippen molar-refractivity contribution in [3.05, 3.63) is 42.5 Å². The minimum absolute atomic E-state index is 0.0123. The number of thiocarbonyl (C=S) groups is 1. The maximum Gasteiger partial charge on any atom is 0.226 e. The highest BCUT2D eigenvalue weighted by Gasteiger charge is 2.15. The molecule has 1 fully saturated rings. The van der Waals surface area contributed by atoms with E-state index in [1.54, 1.807) is 0 Å². The normalized spacial score (nSPS) is 15.2. The monoisotopic (exact) mass is 340 g/mol. The van der Waals surface area contributed by atoms with E-state index in [1.807, 2.05) is 30.3 Å². The summed E-state index contributed by atoms with van der Waals surface area (Å²) in [5.74, 6) is 0.724. The van der Waals surface area contributed by atoms with E-state index in [2.05, 4.69) is 22.8 Å². The van der Waals surface area contributed by atoms with E-state index < -0.39 is 0 Å². The molecule has 4 heteroatoms. The average molecular weight is 340 g/mol. The van der Waals surface area contributed by atoms with Crippen molar-refractivity contribution in [3.8, 4) is 0 Å². The molecule has 0 radical (unpaired) electrons.